The molecule has 0 spiro atoms. The fraction of sp³-hybridized carbons (Fsp3) is 1.00. The van der Waals surface area contributed by atoms with E-state index in [1.54, 1.807) is 6.92 Å². The number of rotatable bonds is 3. The summed E-state index contributed by atoms with van der Waals surface area (Å²) in [6.45, 7) is 2.11. The van der Waals surface area contributed by atoms with Crippen LogP contribution >= 0.6 is 0 Å². The standard InChI is InChI=1S/C3H8NO3/c1-3-6-7-4(2)5/h3H2,1-2H3/q-1. The number of hydroxylamine groups is 2. The van der Waals surface area contributed by atoms with Crippen LogP contribution in [-0.4, -0.2) is 18.9 Å². The minimum Gasteiger partial charge on any atom is -0.760 e. The highest BCUT2D eigenvalue weighted by Crippen LogP contribution is 1.79. The van der Waals surface area contributed by atoms with Gasteiger partial charge in [0, 0.05) is 7.05 Å². The summed E-state index contributed by atoms with van der Waals surface area (Å²) in [6, 6.07) is 0. The molecule has 44 valence electrons. The molecule has 0 atom stereocenters. The Morgan fingerprint density at radius 3 is 2.43 bits per heavy atom. The molecule has 0 unspecified atom stereocenters. The minimum atomic E-state index is 0.240. The highest BCUT2D eigenvalue weighted by atomic mass is 17.3. The molecule has 0 N–H and O–H groups in total. The third-order valence-electron chi connectivity index (χ3n) is 0.276. The second-order valence-corrected chi connectivity index (χ2v) is 0.921. The number of nitrogens with zero attached hydrogens (tertiary/aromatic N) is 1. The fourth-order valence-corrected chi connectivity index (χ4v) is 0.127. The Balaban J connectivity index is 2.68. The Kier molecular flexibility index (Phi) is 3.92. The maximum absolute atomic E-state index is 9.77. The summed E-state index contributed by atoms with van der Waals surface area (Å²) in [7, 11) is 1.20. The van der Waals surface area contributed by atoms with Crippen molar-refractivity contribution >= 4 is 0 Å². The topological polar surface area (TPSA) is 44.8 Å². The van der Waals surface area contributed by atoms with E-state index in [2.05, 4.69) is 9.88 Å². The molecule has 0 amide bonds. The Morgan fingerprint density at radius 1 is 1.71 bits per heavy atom. The quantitative estimate of drug-likeness (QED) is 0.383. The Bertz CT molecular complexity index is 39.2. The Hall–Kier alpha value is -0.160. The molecule has 0 saturated heterocycles. The first-order chi connectivity index (χ1) is 3.27. The molecule has 0 aliphatic carbocycles. The second kappa shape index (κ2) is 4.01. The lowest BCUT2D eigenvalue weighted by molar-refractivity contribution is -0.401. The molecule has 0 heterocycles. The predicted octanol–water partition coefficient (Wildman–Crippen LogP) is 0.299. The highest BCUT2D eigenvalue weighted by molar-refractivity contribution is 4.18. The smallest absolute Gasteiger partial charge is 0.0813 e. The molecule has 0 aromatic rings. The molecule has 0 aliphatic rings. The molecule has 0 aliphatic heterocycles. The van der Waals surface area contributed by atoms with Crippen LogP contribution in [0.5, 0.6) is 0 Å². The molecule has 0 aromatic heterocycles. The van der Waals surface area contributed by atoms with Crippen molar-refractivity contribution in [2.75, 3.05) is 13.7 Å². The van der Waals surface area contributed by atoms with Crippen LogP contribution in [-0.2, 0) is 9.88 Å². The maximum Gasteiger partial charge on any atom is 0.0813 e. The molecular weight excluding hydrogens is 98.0 g/mol. The van der Waals surface area contributed by atoms with Gasteiger partial charge < -0.3 is 5.21 Å². The zero-order valence-electron chi connectivity index (χ0n) is 4.38. The lowest BCUT2D eigenvalue weighted by Gasteiger charge is -2.17. The van der Waals surface area contributed by atoms with Crippen molar-refractivity contribution in [2.45, 2.75) is 6.92 Å². The van der Waals surface area contributed by atoms with E-state index >= 15 is 0 Å². The van der Waals surface area contributed by atoms with Crippen LogP contribution in [0.2, 0.25) is 0 Å². The van der Waals surface area contributed by atoms with Crippen LogP contribution in [0.4, 0.5) is 0 Å². The van der Waals surface area contributed by atoms with Gasteiger partial charge in [0.05, 0.1) is 6.61 Å². The average molecular weight is 106 g/mol. The summed E-state index contributed by atoms with van der Waals surface area (Å²) in [5, 5.41) is 10.0. The van der Waals surface area contributed by atoms with Gasteiger partial charge in [-0.05, 0) is 6.92 Å². The van der Waals surface area contributed by atoms with E-state index in [1.807, 2.05) is 0 Å². The third-order valence-corrected chi connectivity index (χ3v) is 0.276. The molecule has 0 aromatic carbocycles. The van der Waals surface area contributed by atoms with Gasteiger partial charge in [0.1, 0.15) is 0 Å². The van der Waals surface area contributed by atoms with Crippen molar-refractivity contribution in [2.24, 2.45) is 0 Å². The predicted molar refractivity (Wildman–Crippen MR) is 23.8 cm³/mol. The first kappa shape index (κ1) is 6.84. The van der Waals surface area contributed by atoms with E-state index in [1.165, 1.54) is 7.05 Å². The van der Waals surface area contributed by atoms with Gasteiger partial charge in [0.2, 0.25) is 0 Å². The summed E-state index contributed by atoms with van der Waals surface area (Å²) in [5.74, 6) is 0. The van der Waals surface area contributed by atoms with Gasteiger partial charge >= 0.3 is 0 Å². The van der Waals surface area contributed by atoms with Gasteiger partial charge in [-0.3, -0.25) is 0 Å². The van der Waals surface area contributed by atoms with Crippen LogP contribution in [0.15, 0.2) is 0 Å². The van der Waals surface area contributed by atoms with Crippen molar-refractivity contribution in [1.82, 2.24) is 5.23 Å². The summed E-state index contributed by atoms with van der Waals surface area (Å²) in [4.78, 5) is 8.18. The number of hydrogen-bond donors (Lipinski definition) is 0. The van der Waals surface area contributed by atoms with E-state index in [0.717, 1.165) is 0 Å². The van der Waals surface area contributed by atoms with Crippen molar-refractivity contribution in [3.05, 3.63) is 5.21 Å². The first-order valence-corrected chi connectivity index (χ1v) is 1.97. The third kappa shape index (κ3) is 5.84. The minimum absolute atomic E-state index is 0.240. The maximum atomic E-state index is 9.77. The Morgan fingerprint density at radius 2 is 2.29 bits per heavy atom. The summed E-state index contributed by atoms with van der Waals surface area (Å²) in [6.07, 6.45) is 0. The Labute approximate surface area is 42.1 Å². The van der Waals surface area contributed by atoms with Crippen LogP contribution in [0, 0.1) is 5.21 Å². The summed E-state index contributed by atoms with van der Waals surface area (Å²) >= 11 is 0. The SMILES string of the molecule is CCOON(C)[O-]. The average Bonchev–Trinajstić information content (AvgIpc) is 1.61. The van der Waals surface area contributed by atoms with Crippen molar-refractivity contribution in [1.29, 1.82) is 0 Å². The molecule has 0 bridgehead atoms. The zero-order chi connectivity index (χ0) is 5.70. The van der Waals surface area contributed by atoms with Gasteiger partial charge in [0.15, 0.2) is 0 Å². The zero-order valence-corrected chi connectivity index (χ0v) is 4.38. The van der Waals surface area contributed by atoms with Crippen LogP contribution < -0.4 is 0 Å². The largest absolute Gasteiger partial charge is 0.760 e. The number of hydrogen-bond acceptors (Lipinski definition) is 4. The second-order valence-electron chi connectivity index (χ2n) is 0.921. The van der Waals surface area contributed by atoms with Crippen LogP contribution in [0.25, 0.3) is 0 Å². The molecule has 0 saturated carbocycles. The summed E-state index contributed by atoms with van der Waals surface area (Å²) < 4.78 is 0. The van der Waals surface area contributed by atoms with Crippen LogP contribution in [0.1, 0.15) is 6.92 Å². The van der Waals surface area contributed by atoms with Crippen molar-refractivity contribution in [3.63, 3.8) is 0 Å². The van der Waals surface area contributed by atoms with Crippen molar-refractivity contribution in [3.8, 4) is 0 Å². The molecule has 0 rings (SSSR count). The van der Waals surface area contributed by atoms with Gasteiger partial charge in [-0.1, -0.05) is 0 Å². The van der Waals surface area contributed by atoms with Gasteiger partial charge in [0.25, 0.3) is 0 Å². The van der Waals surface area contributed by atoms with E-state index in [-0.39, 0.29) is 5.23 Å². The van der Waals surface area contributed by atoms with Crippen molar-refractivity contribution < 1.29 is 9.88 Å². The van der Waals surface area contributed by atoms with Gasteiger partial charge in [-0.25, -0.2) is 10.1 Å². The van der Waals surface area contributed by atoms with E-state index in [9.17, 15) is 5.21 Å². The van der Waals surface area contributed by atoms with E-state index < -0.39 is 0 Å². The first-order valence-electron chi connectivity index (χ1n) is 1.97. The molecular formula is C3H8NO3-. The lowest BCUT2D eigenvalue weighted by Crippen LogP contribution is -2.10. The van der Waals surface area contributed by atoms with Gasteiger partial charge in [-0.2, -0.15) is 4.99 Å². The molecule has 0 radical (unpaired) electrons. The molecule has 4 heteroatoms. The molecule has 7 heavy (non-hydrogen) atoms. The molecule has 0 fully saturated rings. The molecule has 4 nitrogen and oxygen atoms in total. The van der Waals surface area contributed by atoms with E-state index in [0.29, 0.717) is 6.61 Å². The van der Waals surface area contributed by atoms with E-state index in [4.69, 9.17) is 0 Å². The fourth-order valence-electron chi connectivity index (χ4n) is 0.127. The lowest BCUT2D eigenvalue weighted by atomic mass is 10.9. The highest BCUT2D eigenvalue weighted by Gasteiger charge is 1.76. The normalized spacial score (nSPS) is 10.3. The van der Waals surface area contributed by atoms with Crippen LogP contribution in [0.3, 0.4) is 0 Å². The van der Waals surface area contributed by atoms with Gasteiger partial charge in [-0.15, -0.1) is 0 Å². The monoisotopic (exact) mass is 106 g/mol. The summed E-state index contributed by atoms with van der Waals surface area (Å²) in [5.41, 5.74) is 0.